The summed E-state index contributed by atoms with van der Waals surface area (Å²) in [6.07, 6.45) is 6.63. The van der Waals surface area contributed by atoms with Gasteiger partial charge in [0.15, 0.2) is 11.5 Å². The first-order valence-corrected chi connectivity index (χ1v) is 10.7. The Hall–Kier alpha value is -3.19. The van der Waals surface area contributed by atoms with E-state index in [2.05, 4.69) is 20.9 Å². The minimum Gasteiger partial charge on any atom is -0.493 e. The Morgan fingerprint density at radius 1 is 1.13 bits per heavy atom. The highest BCUT2D eigenvalue weighted by molar-refractivity contribution is 5.53. The van der Waals surface area contributed by atoms with Crippen molar-refractivity contribution in [3.8, 4) is 22.9 Å². The summed E-state index contributed by atoms with van der Waals surface area (Å²) in [4.78, 5) is 26.6. The molecule has 0 spiro atoms. The van der Waals surface area contributed by atoms with Crippen LogP contribution in [0.4, 0.5) is 0 Å². The fraction of sp³-hybridized carbons (Fsp3) is 0.375. The van der Waals surface area contributed by atoms with E-state index in [0.29, 0.717) is 12.4 Å². The molecule has 0 unspecified atom stereocenters. The van der Waals surface area contributed by atoms with Crippen molar-refractivity contribution in [3.05, 3.63) is 70.4 Å². The molecule has 1 N–H and O–H groups in total. The predicted molar refractivity (Wildman–Crippen MR) is 119 cm³/mol. The van der Waals surface area contributed by atoms with Gasteiger partial charge in [-0.1, -0.05) is 12.5 Å². The van der Waals surface area contributed by atoms with Crippen LogP contribution in [0.2, 0.25) is 0 Å². The van der Waals surface area contributed by atoms with Crippen molar-refractivity contribution in [2.45, 2.75) is 38.8 Å². The van der Waals surface area contributed by atoms with E-state index in [0.717, 1.165) is 60.7 Å². The maximum atomic E-state index is 12.4. The summed E-state index contributed by atoms with van der Waals surface area (Å²) in [5.74, 6) is 2.07. The van der Waals surface area contributed by atoms with Crippen molar-refractivity contribution in [3.63, 3.8) is 0 Å². The van der Waals surface area contributed by atoms with Gasteiger partial charge in [-0.3, -0.25) is 14.7 Å². The van der Waals surface area contributed by atoms with Crippen molar-refractivity contribution in [2.75, 3.05) is 20.3 Å². The highest BCUT2D eigenvalue weighted by Crippen LogP contribution is 2.33. The molecule has 162 valence electrons. The molecule has 0 aliphatic carbocycles. The van der Waals surface area contributed by atoms with Crippen molar-refractivity contribution >= 4 is 0 Å². The van der Waals surface area contributed by atoms with E-state index in [1.165, 1.54) is 0 Å². The number of hydrogen-bond acceptors (Lipinski definition) is 6. The molecule has 31 heavy (non-hydrogen) atoms. The number of nitrogens with one attached hydrogen (secondary N) is 1. The molecule has 4 rings (SSSR count). The average molecular weight is 421 g/mol. The summed E-state index contributed by atoms with van der Waals surface area (Å²) in [6.45, 7) is 4.26. The summed E-state index contributed by atoms with van der Waals surface area (Å²) in [5, 5.41) is 0. The summed E-state index contributed by atoms with van der Waals surface area (Å²) >= 11 is 0. The fourth-order valence-electron chi connectivity index (χ4n) is 4.13. The molecule has 1 aliphatic heterocycles. The molecule has 1 aliphatic rings. The van der Waals surface area contributed by atoms with Gasteiger partial charge in [0, 0.05) is 30.6 Å². The number of aromatic amines is 1. The third-order valence-corrected chi connectivity index (χ3v) is 5.58. The molecule has 3 heterocycles. The number of piperidine rings is 1. The summed E-state index contributed by atoms with van der Waals surface area (Å²) in [5.41, 5.74) is 2.68. The van der Waals surface area contributed by atoms with Crippen molar-refractivity contribution in [1.29, 1.82) is 0 Å². The van der Waals surface area contributed by atoms with Gasteiger partial charge in [-0.25, -0.2) is 4.98 Å². The van der Waals surface area contributed by atoms with Crippen LogP contribution in [0, 0.1) is 0 Å². The van der Waals surface area contributed by atoms with Crippen LogP contribution >= 0.6 is 0 Å². The van der Waals surface area contributed by atoms with Crippen LogP contribution in [-0.4, -0.2) is 40.1 Å². The van der Waals surface area contributed by atoms with Gasteiger partial charge < -0.3 is 14.5 Å². The molecule has 1 fully saturated rings. The van der Waals surface area contributed by atoms with Crippen LogP contribution in [0.15, 0.2) is 53.6 Å². The number of H-pyrrole nitrogens is 1. The molecule has 0 radical (unpaired) electrons. The fourth-order valence-corrected chi connectivity index (χ4v) is 4.13. The van der Waals surface area contributed by atoms with Crippen LogP contribution in [0.25, 0.3) is 11.4 Å². The van der Waals surface area contributed by atoms with Crippen LogP contribution in [0.3, 0.4) is 0 Å². The van der Waals surface area contributed by atoms with Crippen LogP contribution in [0.1, 0.15) is 43.5 Å². The Morgan fingerprint density at radius 3 is 2.74 bits per heavy atom. The first kappa shape index (κ1) is 21.1. The zero-order chi connectivity index (χ0) is 21.6. The lowest BCUT2D eigenvalue weighted by Gasteiger charge is -2.35. The molecule has 1 aromatic carbocycles. The zero-order valence-corrected chi connectivity index (χ0v) is 18.0. The monoisotopic (exact) mass is 420 g/mol. The van der Waals surface area contributed by atoms with E-state index in [1.807, 2.05) is 31.2 Å². The standard InChI is InChI=1S/C24H28N4O3/c1-3-31-22-14-17(7-8-21(22)30-2)16-28-13-5-4-6-20(28)19-15-23(29)27-24(26-19)18-9-11-25-12-10-18/h7-12,14-15,20H,3-6,13,16H2,1-2H3,(H,26,27,29)/t20-/m1/s1. The van der Waals surface area contributed by atoms with Gasteiger partial charge >= 0.3 is 0 Å². The number of benzene rings is 1. The van der Waals surface area contributed by atoms with Gasteiger partial charge in [0.1, 0.15) is 5.82 Å². The van der Waals surface area contributed by atoms with Gasteiger partial charge in [-0.15, -0.1) is 0 Å². The predicted octanol–water partition coefficient (Wildman–Crippen LogP) is 3.97. The molecule has 7 heteroatoms. The smallest absolute Gasteiger partial charge is 0.251 e. The van der Waals surface area contributed by atoms with Gasteiger partial charge in [-0.05, 0) is 56.1 Å². The Morgan fingerprint density at radius 2 is 1.97 bits per heavy atom. The Balaban J connectivity index is 1.62. The van der Waals surface area contributed by atoms with Gasteiger partial charge in [0.05, 0.1) is 25.5 Å². The van der Waals surface area contributed by atoms with Gasteiger partial charge in [0.25, 0.3) is 5.56 Å². The SMILES string of the molecule is CCOc1cc(CN2CCCC[C@@H]2c2cc(=O)[nH]c(-c3ccncc3)n2)ccc1OC. The van der Waals surface area contributed by atoms with E-state index in [9.17, 15) is 4.79 Å². The van der Waals surface area contributed by atoms with E-state index in [1.54, 1.807) is 25.6 Å². The number of likely N-dealkylation sites (tertiary alicyclic amines) is 1. The number of hydrogen-bond donors (Lipinski definition) is 1. The lowest BCUT2D eigenvalue weighted by atomic mass is 9.98. The topological polar surface area (TPSA) is 80.3 Å². The molecule has 0 amide bonds. The molecule has 7 nitrogen and oxygen atoms in total. The van der Waals surface area contributed by atoms with Crippen molar-refractivity contribution in [2.24, 2.45) is 0 Å². The van der Waals surface area contributed by atoms with Gasteiger partial charge in [-0.2, -0.15) is 0 Å². The van der Waals surface area contributed by atoms with Crippen LogP contribution in [-0.2, 0) is 6.54 Å². The second kappa shape index (κ2) is 9.75. The lowest BCUT2D eigenvalue weighted by Crippen LogP contribution is -2.34. The first-order chi connectivity index (χ1) is 15.2. The van der Waals surface area contributed by atoms with Crippen LogP contribution < -0.4 is 15.0 Å². The average Bonchev–Trinajstić information content (AvgIpc) is 2.80. The molecule has 2 aromatic heterocycles. The lowest BCUT2D eigenvalue weighted by molar-refractivity contribution is 0.137. The number of ether oxygens (including phenoxy) is 2. The third kappa shape index (κ3) is 4.94. The summed E-state index contributed by atoms with van der Waals surface area (Å²) in [7, 11) is 1.65. The molecule has 1 atom stereocenters. The molecule has 3 aromatic rings. The Labute approximate surface area is 182 Å². The maximum Gasteiger partial charge on any atom is 0.251 e. The van der Waals surface area contributed by atoms with E-state index in [4.69, 9.17) is 14.5 Å². The quantitative estimate of drug-likeness (QED) is 0.623. The zero-order valence-electron chi connectivity index (χ0n) is 18.0. The highest BCUT2D eigenvalue weighted by Gasteiger charge is 2.26. The third-order valence-electron chi connectivity index (χ3n) is 5.58. The number of methoxy groups -OCH3 is 1. The normalized spacial score (nSPS) is 16.8. The van der Waals surface area contributed by atoms with E-state index >= 15 is 0 Å². The van der Waals surface area contributed by atoms with E-state index < -0.39 is 0 Å². The largest absolute Gasteiger partial charge is 0.493 e. The minimum absolute atomic E-state index is 0.0919. The number of nitrogens with zero attached hydrogens (tertiary/aromatic N) is 3. The maximum absolute atomic E-state index is 12.4. The second-order valence-corrected chi connectivity index (χ2v) is 7.66. The molecule has 0 bridgehead atoms. The molecular formula is C24H28N4O3. The summed E-state index contributed by atoms with van der Waals surface area (Å²) in [6, 6.07) is 11.5. The van der Waals surface area contributed by atoms with Gasteiger partial charge in [0.2, 0.25) is 0 Å². The van der Waals surface area contributed by atoms with E-state index in [-0.39, 0.29) is 11.6 Å². The molecule has 1 saturated heterocycles. The minimum atomic E-state index is -0.134. The highest BCUT2D eigenvalue weighted by atomic mass is 16.5. The van der Waals surface area contributed by atoms with Crippen molar-refractivity contribution < 1.29 is 9.47 Å². The second-order valence-electron chi connectivity index (χ2n) is 7.66. The van der Waals surface area contributed by atoms with Crippen molar-refractivity contribution in [1.82, 2.24) is 19.9 Å². The Kier molecular flexibility index (Phi) is 6.62. The molecule has 0 saturated carbocycles. The number of rotatable bonds is 7. The summed E-state index contributed by atoms with van der Waals surface area (Å²) < 4.78 is 11.2. The van der Waals surface area contributed by atoms with Crippen LogP contribution in [0.5, 0.6) is 11.5 Å². The molecular weight excluding hydrogens is 392 g/mol. The number of aromatic nitrogens is 3. The Bertz CT molecular complexity index is 1070. The first-order valence-electron chi connectivity index (χ1n) is 10.7. The number of pyridine rings is 1.